The second kappa shape index (κ2) is 7.39. The average molecular weight is 384 g/mol. The number of fused-ring (bicyclic) bond motifs is 1. The van der Waals surface area contributed by atoms with Crippen molar-refractivity contribution in [3.05, 3.63) is 70.8 Å². The molecule has 0 saturated heterocycles. The molecule has 4 rings (SSSR count). The first-order chi connectivity index (χ1) is 12.7. The molecule has 1 amide bonds. The maximum atomic E-state index is 12.7. The van der Waals surface area contributed by atoms with Crippen LogP contribution in [0.1, 0.15) is 27.6 Å². The predicted molar refractivity (Wildman–Crippen MR) is 103 cm³/mol. The molecule has 1 N–H and O–H groups in total. The molecule has 1 aromatic carbocycles. The Labute approximate surface area is 158 Å². The van der Waals surface area contributed by atoms with Crippen LogP contribution in [0.5, 0.6) is 0 Å². The molecule has 7 heteroatoms. The zero-order valence-electron chi connectivity index (χ0n) is 14.0. The molecule has 4 aromatic rings. The lowest BCUT2D eigenvalue weighted by atomic mass is 10.1. The molecule has 0 atom stereocenters. The van der Waals surface area contributed by atoms with Crippen molar-refractivity contribution in [2.24, 2.45) is 0 Å². The zero-order chi connectivity index (χ0) is 17.9. The number of rotatable bonds is 6. The SMILES string of the molecule is Cc1csc(SCc2c(C(=O)NCc3ccco3)oc3ccccc23)n1. The third-order valence-electron chi connectivity index (χ3n) is 3.85. The summed E-state index contributed by atoms with van der Waals surface area (Å²) in [6, 6.07) is 11.3. The third kappa shape index (κ3) is 3.54. The molecule has 0 spiro atoms. The van der Waals surface area contributed by atoms with Gasteiger partial charge in [-0.15, -0.1) is 11.3 Å². The van der Waals surface area contributed by atoms with Gasteiger partial charge in [0, 0.05) is 27.8 Å². The van der Waals surface area contributed by atoms with Gasteiger partial charge in [0.2, 0.25) is 0 Å². The number of carbonyl (C=O) groups is 1. The fraction of sp³-hybridized carbons (Fsp3) is 0.158. The fourth-order valence-corrected chi connectivity index (χ4v) is 4.50. The van der Waals surface area contributed by atoms with Crippen LogP contribution in [0.15, 0.2) is 61.2 Å². The second-order valence-electron chi connectivity index (χ2n) is 5.71. The van der Waals surface area contributed by atoms with E-state index in [1.54, 1.807) is 35.4 Å². The summed E-state index contributed by atoms with van der Waals surface area (Å²) in [5, 5.41) is 5.83. The van der Waals surface area contributed by atoms with Crippen LogP contribution in [-0.2, 0) is 12.3 Å². The molecular weight excluding hydrogens is 368 g/mol. The molecule has 132 valence electrons. The molecule has 3 heterocycles. The lowest BCUT2D eigenvalue weighted by Gasteiger charge is -2.03. The van der Waals surface area contributed by atoms with Crippen molar-refractivity contribution in [1.29, 1.82) is 0 Å². The number of aryl methyl sites for hydroxylation is 1. The number of nitrogens with one attached hydrogen (secondary N) is 1. The summed E-state index contributed by atoms with van der Waals surface area (Å²) in [5.41, 5.74) is 2.60. The maximum Gasteiger partial charge on any atom is 0.287 e. The van der Waals surface area contributed by atoms with Gasteiger partial charge in [-0.1, -0.05) is 30.0 Å². The van der Waals surface area contributed by atoms with Crippen LogP contribution >= 0.6 is 23.1 Å². The van der Waals surface area contributed by atoms with E-state index < -0.39 is 0 Å². The Hall–Kier alpha value is -2.51. The Morgan fingerprint density at radius 3 is 2.92 bits per heavy atom. The molecule has 0 unspecified atom stereocenters. The van der Waals surface area contributed by atoms with Gasteiger partial charge in [-0.3, -0.25) is 4.79 Å². The van der Waals surface area contributed by atoms with Crippen LogP contribution < -0.4 is 5.32 Å². The zero-order valence-corrected chi connectivity index (χ0v) is 15.7. The van der Waals surface area contributed by atoms with Crippen molar-refractivity contribution in [2.45, 2.75) is 23.6 Å². The maximum absolute atomic E-state index is 12.7. The largest absolute Gasteiger partial charge is 0.467 e. The quantitative estimate of drug-likeness (QED) is 0.473. The van der Waals surface area contributed by atoms with Crippen molar-refractivity contribution in [2.75, 3.05) is 0 Å². The molecular formula is C19H16N2O3S2. The molecule has 0 aliphatic carbocycles. The first-order valence-electron chi connectivity index (χ1n) is 8.06. The molecule has 5 nitrogen and oxygen atoms in total. The van der Waals surface area contributed by atoms with Gasteiger partial charge in [0.05, 0.1) is 12.8 Å². The molecule has 0 aliphatic heterocycles. The van der Waals surface area contributed by atoms with Crippen LogP contribution in [0.4, 0.5) is 0 Å². The Kier molecular flexibility index (Phi) is 4.81. The number of nitrogens with zero attached hydrogens (tertiary/aromatic N) is 1. The summed E-state index contributed by atoms with van der Waals surface area (Å²) in [6.07, 6.45) is 1.58. The van der Waals surface area contributed by atoms with E-state index in [1.807, 2.05) is 42.6 Å². The molecule has 0 bridgehead atoms. The van der Waals surface area contributed by atoms with E-state index in [2.05, 4.69) is 10.3 Å². The summed E-state index contributed by atoms with van der Waals surface area (Å²) in [5.74, 6) is 1.42. The minimum atomic E-state index is -0.247. The highest BCUT2D eigenvalue weighted by Gasteiger charge is 2.21. The summed E-state index contributed by atoms with van der Waals surface area (Å²) in [7, 11) is 0. The Morgan fingerprint density at radius 1 is 1.27 bits per heavy atom. The van der Waals surface area contributed by atoms with E-state index >= 15 is 0 Å². The van der Waals surface area contributed by atoms with Gasteiger partial charge in [0.1, 0.15) is 15.7 Å². The molecule has 0 aliphatic rings. The van der Waals surface area contributed by atoms with E-state index in [9.17, 15) is 4.79 Å². The number of hydrogen-bond donors (Lipinski definition) is 1. The first kappa shape index (κ1) is 16.9. The number of hydrogen-bond acceptors (Lipinski definition) is 6. The van der Waals surface area contributed by atoms with Crippen LogP contribution in [0.3, 0.4) is 0 Å². The molecule has 26 heavy (non-hydrogen) atoms. The smallest absolute Gasteiger partial charge is 0.287 e. The highest BCUT2D eigenvalue weighted by atomic mass is 32.2. The Bertz CT molecular complexity index is 1030. The summed E-state index contributed by atoms with van der Waals surface area (Å²) < 4.78 is 12.1. The second-order valence-corrected chi connectivity index (χ2v) is 7.79. The van der Waals surface area contributed by atoms with Gasteiger partial charge in [-0.05, 0) is 25.1 Å². The van der Waals surface area contributed by atoms with E-state index in [1.165, 1.54) is 0 Å². The minimum Gasteiger partial charge on any atom is -0.467 e. The van der Waals surface area contributed by atoms with Crippen LogP contribution in [0, 0.1) is 6.92 Å². The topological polar surface area (TPSA) is 68.3 Å². The van der Waals surface area contributed by atoms with E-state index in [-0.39, 0.29) is 5.91 Å². The van der Waals surface area contributed by atoms with E-state index in [0.717, 1.165) is 21.0 Å². The number of aromatic nitrogens is 1. The standard InChI is InChI=1S/C19H16N2O3S2/c1-12-10-25-19(21-12)26-11-15-14-6-2-3-7-16(14)24-17(15)18(22)20-9-13-5-4-8-23-13/h2-8,10H,9,11H2,1H3,(H,20,22). The lowest BCUT2D eigenvalue weighted by molar-refractivity contribution is 0.0921. The van der Waals surface area contributed by atoms with Crippen molar-refractivity contribution >= 4 is 40.0 Å². The minimum absolute atomic E-state index is 0.247. The van der Waals surface area contributed by atoms with Gasteiger partial charge in [-0.2, -0.15) is 0 Å². The normalized spacial score (nSPS) is 11.1. The lowest BCUT2D eigenvalue weighted by Crippen LogP contribution is -2.23. The summed E-state index contributed by atoms with van der Waals surface area (Å²) >= 11 is 3.22. The van der Waals surface area contributed by atoms with Crippen molar-refractivity contribution in [3.63, 3.8) is 0 Å². The molecule has 0 radical (unpaired) electrons. The number of benzene rings is 1. The van der Waals surface area contributed by atoms with E-state index in [0.29, 0.717) is 29.4 Å². The van der Waals surface area contributed by atoms with E-state index in [4.69, 9.17) is 8.83 Å². The predicted octanol–water partition coefficient (Wildman–Crippen LogP) is 5.01. The van der Waals surface area contributed by atoms with Crippen molar-refractivity contribution in [1.82, 2.24) is 10.3 Å². The van der Waals surface area contributed by atoms with Crippen molar-refractivity contribution in [3.8, 4) is 0 Å². The van der Waals surface area contributed by atoms with Crippen LogP contribution in [0.25, 0.3) is 11.0 Å². The first-order valence-corrected chi connectivity index (χ1v) is 9.93. The summed E-state index contributed by atoms with van der Waals surface area (Å²) in [4.78, 5) is 17.1. The monoisotopic (exact) mass is 384 g/mol. The molecule has 3 aromatic heterocycles. The fourth-order valence-electron chi connectivity index (χ4n) is 2.62. The van der Waals surface area contributed by atoms with Crippen LogP contribution in [0.2, 0.25) is 0 Å². The number of carbonyl (C=O) groups excluding carboxylic acids is 1. The number of amides is 1. The van der Waals surface area contributed by atoms with Gasteiger partial charge in [0.25, 0.3) is 5.91 Å². The number of thioether (sulfide) groups is 1. The Morgan fingerprint density at radius 2 is 2.15 bits per heavy atom. The highest BCUT2D eigenvalue weighted by molar-refractivity contribution is 8.00. The van der Waals surface area contributed by atoms with Gasteiger partial charge in [-0.25, -0.2) is 4.98 Å². The van der Waals surface area contributed by atoms with Gasteiger partial charge < -0.3 is 14.2 Å². The molecule has 0 fully saturated rings. The third-order valence-corrected chi connectivity index (χ3v) is 6.01. The number of para-hydroxylation sites is 1. The average Bonchev–Trinajstić information content (AvgIpc) is 3.38. The number of thiazole rings is 1. The Balaban J connectivity index is 1.59. The highest BCUT2D eigenvalue weighted by Crippen LogP contribution is 2.33. The molecule has 0 saturated carbocycles. The van der Waals surface area contributed by atoms with Crippen LogP contribution in [-0.4, -0.2) is 10.9 Å². The van der Waals surface area contributed by atoms with Gasteiger partial charge >= 0.3 is 0 Å². The number of furan rings is 2. The van der Waals surface area contributed by atoms with Crippen molar-refractivity contribution < 1.29 is 13.6 Å². The summed E-state index contributed by atoms with van der Waals surface area (Å²) in [6.45, 7) is 2.29. The van der Waals surface area contributed by atoms with Gasteiger partial charge in [0.15, 0.2) is 5.76 Å².